The monoisotopic (exact) mass is 491 g/mol. The van der Waals surface area contributed by atoms with Gasteiger partial charge in [-0.15, -0.1) is 0 Å². The molecule has 1 amide bonds. The zero-order chi connectivity index (χ0) is 24.8. The van der Waals surface area contributed by atoms with Gasteiger partial charge in [0.1, 0.15) is 17.3 Å². The fourth-order valence-corrected chi connectivity index (χ4v) is 3.67. The van der Waals surface area contributed by atoms with Crippen molar-refractivity contribution in [3.8, 4) is 23.0 Å². The van der Waals surface area contributed by atoms with Crippen LogP contribution in [0.1, 0.15) is 5.56 Å². The SMILES string of the molecule is COc1cc2nccc(Oc3ccc(NC(=S)NC(=O)Cc4cccc(F)c4)cc3)c2cc1OC. The minimum absolute atomic E-state index is 0.0168. The second-order valence-corrected chi connectivity index (χ2v) is 7.88. The van der Waals surface area contributed by atoms with Crippen LogP contribution in [0.25, 0.3) is 10.9 Å². The number of hydrogen-bond donors (Lipinski definition) is 2. The van der Waals surface area contributed by atoms with Crippen molar-refractivity contribution in [3.63, 3.8) is 0 Å². The number of ether oxygens (including phenoxy) is 3. The van der Waals surface area contributed by atoms with E-state index < -0.39 is 5.82 Å². The van der Waals surface area contributed by atoms with E-state index in [0.717, 1.165) is 5.39 Å². The van der Waals surface area contributed by atoms with E-state index >= 15 is 0 Å². The van der Waals surface area contributed by atoms with Gasteiger partial charge in [-0.2, -0.15) is 0 Å². The van der Waals surface area contributed by atoms with E-state index in [2.05, 4.69) is 15.6 Å². The molecule has 35 heavy (non-hydrogen) atoms. The number of anilines is 1. The summed E-state index contributed by atoms with van der Waals surface area (Å²) in [6, 6.07) is 18.3. The fraction of sp³-hybridized carbons (Fsp3) is 0.115. The van der Waals surface area contributed by atoms with Crippen LogP contribution < -0.4 is 24.8 Å². The predicted molar refractivity (Wildman–Crippen MR) is 136 cm³/mol. The van der Waals surface area contributed by atoms with E-state index in [1.807, 2.05) is 6.07 Å². The molecule has 0 aliphatic rings. The Kier molecular flexibility index (Phi) is 7.37. The maximum atomic E-state index is 13.3. The number of carbonyl (C=O) groups is 1. The minimum Gasteiger partial charge on any atom is -0.493 e. The molecule has 0 aliphatic heterocycles. The van der Waals surface area contributed by atoms with E-state index in [4.69, 9.17) is 26.4 Å². The topological polar surface area (TPSA) is 81.7 Å². The highest BCUT2D eigenvalue weighted by molar-refractivity contribution is 7.80. The Morgan fingerprint density at radius 3 is 2.43 bits per heavy atom. The first-order valence-corrected chi connectivity index (χ1v) is 11.0. The molecule has 0 saturated carbocycles. The van der Waals surface area contributed by atoms with Crippen LogP contribution >= 0.6 is 12.2 Å². The molecule has 7 nitrogen and oxygen atoms in total. The van der Waals surface area contributed by atoms with Crippen molar-refractivity contribution in [3.05, 3.63) is 84.3 Å². The number of rotatable bonds is 7. The number of halogens is 1. The van der Waals surface area contributed by atoms with Crippen LogP contribution in [0.4, 0.5) is 10.1 Å². The molecule has 2 N–H and O–H groups in total. The third kappa shape index (κ3) is 6.01. The van der Waals surface area contributed by atoms with Crippen LogP contribution in [-0.4, -0.2) is 30.2 Å². The Bertz CT molecular complexity index is 1380. The number of thiocarbonyl (C=S) groups is 1. The summed E-state index contributed by atoms with van der Waals surface area (Å²) in [5, 5.41) is 6.45. The molecular formula is C26H22FN3O4S. The highest BCUT2D eigenvalue weighted by Crippen LogP contribution is 2.36. The Hall–Kier alpha value is -4.24. The largest absolute Gasteiger partial charge is 0.493 e. The van der Waals surface area contributed by atoms with Gasteiger partial charge in [-0.05, 0) is 66.3 Å². The van der Waals surface area contributed by atoms with Gasteiger partial charge in [0.15, 0.2) is 16.6 Å². The second kappa shape index (κ2) is 10.8. The lowest BCUT2D eigenvalue weighted by atomic mass is 10.1. The number of pyridine rings is 1. The van der Waals surface area contributed by atoms with Crippen LogP contribution in [0, 0.1) is 5.82 Å². The molecule has 3 aromatic carbocycles. The van der Waals surface area contributed by atoms with E-state index in [1.165, 1.54) is 12.1 Å². The van der Waals surface area contributed by atoms with Crippen molar-refractivity contribution in [2.75, 3.05) is 19.5 Å². The van der Waals surface area contributed by atoms with Crippen molar-refractivity contribution >= 4 is 39.8 Å². The molecule has 0 bridgehead atoms. The Morgan fingerprint density at radius 1 is 0.971 bits per heavy atom. The number of fused-ring (bicyclic) bond motifs is 1. The highest BCUT2D eigenvalue weighted by atomic mass is 32.1. The van der Waals surface area contributed by atoms with Crippen molar-refractivity contribution in [1.82, 2.24) is 10.3 Å². The molecule has 9 heteroatoms. The predicted octanol–water partition coefficient (Wildman–Crippen LogP) is 5.24. The summed E-state index contributed by atoms with van der Waals surface area (Å²) in [6.07, 6.45) is 1.67. The molecule has 1 heterocycles. The quantitative estimate of drug-likeness (QED) is 0.342. The number of methoxy groups -OCH3 is 2. The van der Waals surface area contributed by atoms with Gasteiger partial charge in [0, 0.05) is 23.3 Å². The van der Waals surface area contributed by atoms with Gasteiger partial charge in [-0.1, -0.05) is 12.1 Å². The number of hydrogen-bond acceptors (Lipinski definition) is 6. The summed E-state index contributed by atoms with van der Waals surface area (Å²) in [4.78, 5) is 16.5. The Labute approximate surface area is 206 Å². The maximum absolute atomic E-state index is 13.3. The van der Waals surface area contributed by atoms with Gasteiger partial charge in [0.2, 0.25) is 5.91 Å². The number of carbonyl (C=O) groups excluding carboxylic acids is 1. The molecule has 0 aliphatic carbocycles. The lowest BCUT2D eigenvalue weighted by molar-refractivity contribution is -0.119. The fourth-order valence-electron chi connectivity index (χ4n) is 3.44. The first-order valence-electron chi connectivity index (χ1n) is 10.6. The summed E-state index contributed by atoms with van der Waals surface area (Å²) >= 11 is 5.21. The van der Waals surface area contributed by atoms with Crippen LogP contribution in [0.15, 0.2) is 72.9 Å². The van der Waals surface area contributed by atoms with Crippen LogP contribution in [0.5, 0.6) is 23.0 Å². The molecule has 0 unspecified atom stereocenters. The second-order valence-electron chi connectivity index (χ2n) is 7.47. The first kappa shape index (κ1) is 23.9. The van der Waals surface area contributed by atoms with E-state index in [9.17, 15) is 9.18 Å². The zero-order valence-electron chi connectivity index (χ0n) is 19.0. The minimum atomic E-state index is -0.392. The molecule has 1 aromatic heterocycles. The molecule has 178 valence electrons. The van der Waals surface area contributed by atoms with Crippen LogP contribution in [-0.2, 0) is 11.2 Å². The highest BCUT2D eigenvalue weighted by Gasteiger charge is 2.12. The number of aromatic nitrogens is 1. The maximum Gasteiger partial charge on any atom is 0.230 e. The van der Waals surface area contributed by atoms with Crippen molar-refractivity contribution in [2.24, 2.45) is 0 Å². The normalized spacial score (nSPS) is 10.5. The Balaban J connectivity index is 1.40. The summed E-state index contributed by atoms with van der Waals surface area (Å²) in [7, 11) is 3.14. The van der Waals surface area contributed by atoms with Gasteiger partial charge < -0.3 is 24.8 Å². The number of benzene rings is 3. The molecule has 0 atom stereocenters. The van der Waals surface area contributed by atoms with Gasteiger partial charge in [-0.3, -0.25) is 9.78 Å². The number of nitrogens with one attached hydrogen (secondary N) is 2. The van der Waals surface area contributed by atoms with Crippen molar-refractivity contribution < 1.29 is 23.4 Å². The third-order valence-electron chi connectivity index (χ3n) is 5.05. The van der Waals surface area contributed by atoms with Gasteiger partial charge in [0.05, 0.1) is 26.2 Å². The summed E-state index contributed by atoms with van der Waals surface area (Å²) in [6.45, 7) is 0. The molecule has 4 rings (SSSR count). The smallest absolute Gasteiger partial charge is 0.230 e. The first-order chi connectivity index (χ1) is 16.9. The van der Waals surface area contributed by atoms with Crippen molar-refractivity contribution in [2.45, 2.75) is 6.42 Å². The van der Waals surface area contributed by atoms with Gasteiger partial charge in [-0.25, -0.2) is 4.39 Å². The molecule has 0 radical (unpaired) electrons. The lowest BCUT2D eigenvalue weighted by Crippen LogP contribution is -2.35. The molecule has 0 saturated heterocycles. The average Bonchev–Trinajstić information content (AvgIpc) is 2.84. The Morgan fingerprint density at radius 2 is 1.71 bits per heavy atom. The molecule has 0 fully saturated rings. The van der Waals surface area contributed by atoms with E-state index in [0.29, 0.717) is 39.8 Å². The molecular weight excluding hydrogens is 469 g/mol. The van der Waals surface area contributed by atoms with Gasteiger partial charge in [0.25, 0.3) is 0 Å². The van der Waals surface area contributed by atoms with Gasteiger partial charge >= 0.3 is 0 Å². The van der Waals surface area contributed by atoms with Crippen molar-refractivity contribution in [1.29, 1.82) is 0 Å². The number of nitrogens with zero attached hydrogens (tertiary/aromatic N) is 1. The summed E-state index contributed by atoms with van der Waals surface area (Å²) in [5.41, 5.74) is 1.93. The lowest BCUT2D eigenvalue weighted by Gasteiger charge is -2.13. The molecule has 0 spiro atoms. The molecule has 4 aromatic rings. The average molecular weight is 492 g/mol. The third-order valence-corrected chi connectivity index (χ3v) is 5.26. The summed E-state index contributed by atoms with van der Waals surface area (Å²) < 4.78 is 30.1. The zero-order valence-corrected chi connectivity index (χ0v) is 19.8. The standard InChI is InChI=1S/C26H22FN3O4S/c1-32-23-14-20-21(15-24(23)33-2)28-11-10-22(20)34-19-8-6-18(7-9-19)29-26(35)30-25(31)13-16-4-3-5-17(27)12-16/h3-12,14-15H,13H2,1-2H3,(H2,29,30,31,35). The number of amides is 1. The van der Waals surface area contributed by atoms with E-state index in [1.54, 1.807) is 68.9 Å². The summed E-state index contributed by atoms with van der Waals surface area (Å²) in [5.74, 6) is 1.63. The van der Waals surface area contributed by atoms with Crippen LogP contribution in [0.3, 0.4) is 0 Å². The van der Waals surface area contributed by atoms with Crippen LogP contribution in [0.2, 0.25) is 0 Å². The van der Waals surface area contributed by atoms with E-state index in [-0.39, 0.29) is 17.4 Å².